The Kier molecular flexibility index (Phi) is 7.00. The van der Waals surface area contributed by atoms with Crippen LogP contribution in [0.3, 0.4) is 0 Å². The molecule has 1 heterocycles. The molecule has 134 valence electrons. The molecule has 1 aromatic carbocycles. The molecule has 0 aromatic heterocycles. The molecule has 4 heteroatoms. The summed E-state index contributed by atoms with van der Waals surface area (Å²) in [7, 11) is 0. The van der Waals surface area contributed by atoms with Crippen LogP contribution in [0.1, 0.15) is 62.0 Å². The van der Waals surface area contributed by atoms with Gasteiger partial charge in [0.2, 0.25) is 0 Å². The fourth-order valence-electron chi connectivity index (χ4n) is 2.79. The number of alkyl halides is 1. The number of benzene rings is 1. The topological polar surface area (TPSA) is 32.3 Å². The molecule has 0 bridgehead atoms. The summed E-state index contributed by atoms with van der Waals surface area (Å²) >= 11 is 0. The minimum absolute atomic E-state index is 0.0160. The lowest BCUT2D eigenvalue weighted by Crippen LogP contribution is -2.43. The zero-order valence-electron chi connectivity index (χ0n) is 15.9. The van der Waals surface area contributed by atoms with Crippen LogP contribution in [0.4, 0.5) is 10.1 Å². The van der Waals surface area contributed by atoms with Crippen LogP contribution in [0, 0.1) is 13.8 Å². The van der Waals surface area contributed by atoms with E-state index in [-0.39, 0.29) is 5.91 Å². The summed E-state index contributed by atoms with van der Waals surface area (Å²) < 4.78 is 13.9. The van der Waals surface area contributed by atoms with Crippen molar-refractivity contribution in [2.75, 3.05) is 18.4 Å². The molecule has 3 nitrogen and oxygen atoms in total. The molecule has 0 spiro atoms. The van der Waals surface area contributed by atoms with Crippen LogP contribution in [0.5, 0.6) is 0 Å². The summed E-state index contributed by atoms with van der Waals surface area (Å²) in [6, 6.07) is 3.88. The van der Waals surface area contributed by atoms with Crippen molar-refractivity contribution in [3.8, 4) is 0 Å². The van der Waals surface area contributed by atoms with Gasteiger partial charge in [0.15, 0.2) is 0 Å². The van der Waals surface area contributed by atoms with Crippen LogP contribution in [-0.4, -0.2) is 29.6 Å². The first-order valence-electron chi connectivity index (χ1n) is 8.71. The van der Waals surface area contributed by atoms with Crippen LogP contribution in [0.25, 0.3) is 0 Å². The summed E-state index contributed by atoms with van der Waals surface area (Å²) in [4.78, 5) is 14.5. The van der Waals surface area contributed by atoms with Crippen molar-refractivity contribution in [1.29, 1.82) is 0 Å². The normalized spacial score (nSPS) is 16.0. The molecule has 1 aromatic rings. The first-order chi connectivity index (χ1) is 11.2. The zero-order valence-corrected chi connectivity index (χ0v) is 15.9. The van der Waals surface area contributed by atoms with Gasteiger partial charge in [0.25, 0.3) is 5.91 Å². The molecule has 1 fully saturated rings. The van der Waals surface area contributed by atoms with Crippen molar-refractivity contribution in [3.63, 3.8) is 0 Å². The largest absolute Gasteiger partial charge is 0.359 e. The van der Waals surface area contributed by atoms with Gasteiger partial charge < -0.3 is 10.2 Å². The molecule has 1 aliphatic rings. The number of carbonyl (C=O) groups excluding carboxylic acids is 1. The van der Waals surface area contributed by atoms with Crippen molar-refractivity contribution < 1.29 is 9.18 Å². The molecule has 0 radical (unpaired) electrons. The van der Waals surface area contributed by atoms with Crippen LogP contribution in [-0.2, 0) is 0 Å². The molecule has 0 saturated carbocycles. The highest BCUT2D eigenvalue weighted by atomic mass is 19.1. The number of anilines is 1. The molecular formula is C20H31FN2O. The van der Waals surface area contributed by atoms with Gasteiger partial charge in [0, 0.05) is 30.0 Å². The van der Waals surface area contributed by atoms with Crippen LogP contribution >= 0.6 is 0 Å². The highest BCUT2D eigenvalue weighted by molar-refractivity contribution is 5.97. The van der Waals surface area contributed by atoms with E-state index in [2.05, 4.69) is 11.9 Å². The lowest BCUT2D eigenvalue weighted by Gasteiger charge is -2.34. The zero-order chi connectivity index (χ0) is 18.5. The Balaban J connectivity index is 0.00000139. The number of carbonyl (C=O) groups is 1. The highest BCUT2D eigenvalue weighted by Crippen LogP contribution is 2.28. The number of amides is 1. The van der Waals surface area contributed by atoms with Crippen molar-refractivity contribution in [2.45, 2.75) is 60.1 Å². The summed E-state index contributed by atoms with van der Waals surface area (Å²) in [6.07, 6.45) is 0.807. The second-order valence-corrected chi connectivity index (χ2v) is 6.59. The van der Waals surface area contributed by atoms with E-state index < -0.39 is 5.67 Å². The molecule has 0 atom stereocenters. The molecular weight excluding hydrogens is 303 g/mol. The van der Waals surface area contributed by atoms with E-state index in [1.54, 1.807) is 11.8 Å². The number of piperidine rings is 1. The third-order valence-electron chi connectivity index (χ3n) is 4.24. The van der Waals surface area contributed by atoms with Gasteiger partial charge >= 0.3 is 0 Å². The lowest BCUT2D eigenvalue weighted by molar-refractivity contribution is 0.0503. The number of halogens is 1. The highest BCUT2D eigenvalue weighted by Gasteiger charge is 2.32. The first-order valence-corrected chi connectivity index (χ1v) is 8.71. The Morgan fingerprint density at radius 2 is 1.75 bits per heavy atom. The Morgan fingerprint density at radius 3 is 2.25 bits per heavy atom. The van der Waals surface area contributed by atoms with Gasteiger partial charge in [-0.3, -0.25) is 4.79 Å². The van der Waals surface area contributed by atoms with E-state index in [1.165, 1.54) is 0 Å². The average Bonchev–Trinajstić information content (AvgIpc) is 2.51. The van der Waals surface area contributed by atoms with Gasteiger partial charge in [-0.1, -0.05) is 26.5 Å². The van der Waals surface area contributed by atoms with Gasteiger partial charge in [-0.2, -0.15) is 0 Å². The number of allylic oxidation sites excluding steroid dienone is 1. The maximum atomic E-state index is 13.9. The number of nitrogens with zero attached hydrogens (tertiary/aromatic N) is 1. The predicted octanol–water partition coefficient (Wildman–Crippen LogP) is 5.24. The smallest absolute Gasteiger partial charge is 0.254 e. The number of rotatable bonds is 3. The third-order valence-corrected chi connectivity index (χ3v) is 4.24. The minimum atomic E-state index is -1.15. The van der Waals surface area contributed by atoms with Crippen molar-refractivity contribution in [3.05, 3.63) is 41.1 Å². The predicted molar refractivity (Wildman–Crippen MR) is 100 cm³/mol. The standard InChI is InChI=1S/C18H25FN2O.C2H6/c1-12(2)20-16-11-15(13(3)10-14(16)4)17(22)21-8-6-18(5,19)7-9-21;1-2/h10-11,20H,1,6-9H2,2-5H3;1-2H3. The van der Waals surface area contributed by atoms with E-state index in [4.69, 9.17) is 0 Å². The SMILES string of the molecule is C=C(C)Nc1cc(C(=O)N2CCC(C)(F)CC2)c(C)cc1C.CC. The Labute approximate surface area is 145 Å². The van der Waals surface area contributed by atoms with Crippen molar-refractivity contribution >= 4 is 11.6 Å². The van der Waals surface area contributed by atoms with Gasteiger partial charge in [-0.05, 0) is 57.7 Å². The number of hydrogen-bond donors (Lipinski definition) is 1. The minimum Gasteiger partial charge on any atom is -0.359 e. The summed E-state index contributed by atoms with van der Waals surface area (Å²) in [5.74, 6) is -0.0160. The average molecular weight is 334 g/mol. The molecule has 1 N–H and O–H groups in total. The Morgan fingerprint density at radius 1 is 1.21 bits per heavy atom. The summed E-state index contributed by atoms with van der Waals surface area (Å²) in [6.45, 7) is 16.2. The number of aryl methyl sites for hydroxylation is 2. The Hall–Kier alpha value is -1.84. The van der Waals surface area contributed by atoms with Crippen molar-refractivity contribution in [1.82, 2.24) is 4.90 Å². The van der Waals surface area contributed by atoms with Crippen LogP contribution in [0.15, 0.2) is 24.4 Å². The lowest BCUT2D eigenvalue weighted by atomic mass is 9.94. The molecule has 0 unspecified atom stereocenters. The maximum absolute atomic E-state index is 13.9. The first kappa shape index (κ1) is 20.2. The maximum Gasteiger partial charge on any atom is 0.254 e. The van der Waals surface area contributed by atoms with Gasteiger partial charge in [0.1, 0.15) is 5.67 Å². The van der Waals surface area contributed by atoms with Gasteiger partial charge in [0.05, 0.1) is 0 Å². The Bertz CT molecular complexity index is 598. The summed E-state index contributed by atoms with van der Waals surface area (Å²) in [5, 5.41) is 3.19. The fourth-order valence-corrected chi connectivity index (χ4v) is 2.79. The molecule has 2 rings (SSSR count). The molecule has 0 aliphatic carbocycles. The monoisotopic (exact) mass is 334 g/mol. The quantitative estimate of drug-likeness (QED) is 0.820. The van der Waals surface area contributed by atoms with E-state index in [1.807, 2.05) is 46.8 Å². The number of nitrogens with one attached hydrogen (secondary N) is 1. The van der Waals surface area contributed by atoms with Crippen molar-refractivity contribution in [2.24, 2.45) is 0 Å². The van der Waals surface area contributed by atoms with Gasteiger partial charge in [-0.25, -0.2) is 4.39 Å². The molecule has 1 amide bonds. The van der Waals surface area contributed by atoms with Gasteiger partial charge in [-0.15, -0.1) is 0 Å². The molecule has 1 saturated heterocycles. The van der Waals surface area contributed by atoms with Crippen LogP contribution < -0.4 is 5.32 Å². The third kappa shape index (κ3) is 5.08. The second kappa shape index (κ2) is 8.32. The second-order valence-electron chi connectivity index (χ2n) is 6.59. The molecule has 24 heavy (non-hydrogen) atoms. The fraction of sp³-hybridized carbons (Fsp3) is 0.550. The van der Waals surface area contributed by atoms with E-state index in [9.17, 15) is 9.18 Å². The van der Waals surface area contributed by atoms with E-state index in [0.29, 0.717) is 31.5 Å². The number of likely N-dealkylation sites (tertiary alicyclic amines) is 1. The van der Waals surface area contributed by atoms with E-state index in [0.717, 1.165) is 22.5 Å². The van der Waals surface area contributed by atoms with Crippen LogP contribution in [0.2, 0.25) is 0 Å². The summed E-state index contributed by atoms with van der Waals surface area (Å²) in [5.41, 5.74) is 3.28. The molecule has 1 aliphatic heterocycles. The van der Waals surface area contributed by atoms with E-state index >= 15 is 0 Å². The number of hydrogen-bond acceptors (Lipinski definition) is 2.